The van der Waals surface area contributed by atoms with Gasteiger partial charge in [-0.25, -0.2) is 0 Å². The largest absolute Gasteiger partial charge is 0.399 e. The maximum Gasteiger partial charge on any atom is 0.399 e. The first-order chi connectivity index (χ1) is 7.85. The molecule has 6 heteroatoms. The summed E-state index contributed by atoms with van der Waals surface area (Å²) in [5.41, 5.74) is -1.74. The topological polar surface area (TPSA) is 12.0 Å². The first kappa shape index (κ1) is 13.0. The van der Waals surface area contributed by atoms with Crippen molar-refractivity contribution in [2.24, 2.45) is 0 Å². The first-order valence-electron chi connectivity index (χ1n) is 5.09. The fraction of sp³-hybridized carbons (Fsp3) is 0.455. The van der Waals surface area contributed by atoms with Gasteiger partial charge in [0.2, 0.25) is 0 Å². The summed E-state index contributed by atoms with van der Waals surface area (Å²) in [5.74, 6) is 0. The van der Waals surface area contributed by atoms with Gasteiger partial charge >= 0.3 is 6.18 Å². The van der Waals surface area contributed by atoms with Crippen molar-refractivity contribution >= 4 is 23.2 Å². The number of alkyl halides is 3. The molecule has 1 heterocycles. The molecule has 1 aromatic rings. The smallest absolute Gasteiger partial charge is 0.315 e. The molecule has 2 rings (SSSR count). The van der Waals surface area contributed by atoms with E-state index in [1.807, 2.05) is 0 Å². The van der Waals surface area contributed by atoms with Gasteiger partial charge in [0, 0.05) is 16.6 Å². The average molecular weight is 284 g/mol. The summed E-state index contributed by atoms with van der Waals surface area (Å²) in [6, 6.07) is 4.11. The Hall–Kier alpha value is -0.450. The molecule has 1 aliphatic rings. The molecule has 1 aliphatic heterocycles. The summed E-state index contributed by atoms with van der Waals surface area (Å²) in [5, 5.41) is 3.20. The van der Waals surface area contributed by atoms with E-state index >= 15 is 0 Å². The predicted octanol–water partition coefficient (Wildman–Crippen LogP) is 3.79. The molecule has 0 bridgehead atoms. The maximum atomic E-state index is 13.2. The van der Waals surface area contributed by atoms with Crippen molar-refractivity contribution in [3.05, 3.63) is 33.8 Å². The summed E-state index contributed by atoms with van der Waals surface area (Å²) < 4.78 is 39.7. The van der Waals surface area contributed by atoms with Crippen LogP contribution in [-0.2, 0) is 5.41 Å². The molecule has 0 unspecified atom stereocenters. The van der Waals surface area contributed by atoms with Crippen molar-refractivity contribution in [1.82, 2.24) is 5.32 Å². The highest BCUT2D eigenvalue weighted by molar-refractivity contribution is 6.34. The molecule has 0 saturated carbocycles. The highest BCUT2D eigenvalue weighted by Gasteiger charge is 2.57. The number of hydrogen-bond donors (Lipinski definition) is 1. The third kappa shape index (κ3) is 2.26. The van der Waals surface area contributed by atoms with Crippen molar-refractivity contribution in [3.8, 4) is 0 Å². The van der Waals surface area contributed by atoms with Gasteiger partial charge in [0.15, 0.2) is 0 Å². The monoisotopic (exact) mass is 283 g/mol. The molecular formula is C11H10Cl2F3N. The van der Waals surface area contributed by atoms with Crippen LogP contribution in [0.15, 0.2) is 18.2 Å². The van der Waals surface area contributed by atoms with Crippen LogP contribution in [0.3, 0.4) is 0 Å². The second-order valence-corrected chi connectivity index (χ2v) is 5.04. The van der Waals surface area contributed by atoms with Crippen LogP contribution in [0, 0.1) is 0 Å². The quantitative estimate of drug-likeness (QED) is 0.827. The van der Waals surface area contributed by atoms with Gasteiger partial charge in [0.05, 0.1) is 0 Å². The van der Waals surface area contributed by atoms with E-state index in [1.165, 1.54) is 18.2 Å². The fourth-order valence-electron chi connectivity index (χ4n) is 2.17. The Labute approximate surface area is 107 Å². The summed E-state index contributed by atoms with van der Waals surface area (Å²) in [7, 11) is 0. The summed E-state index contributed by atoms with van der Waals surface area (Å²) >= 11 is 11.5. The van der Waals surface area contributed by atoms with E-state index in [0.717, 1.165) is 0 Å². The number of halogens is 5. The number of benzene rings is 1. The Kier molecular flexibility index (Phi) is 3.31. The van der Waals surface area contributed by atoms with E-state index in [2.05, 4.69) is 5.32 Å². The zero-order chi connectivity index (χ0) is 12.7. The molecule has 1 N–H and O–H groups in total. The minimum absolute atomic E-state index is 0.00711. The lowest BCUT2D eigenvalue weighted by atomic mass is 9.79. The highest BCUT2D eigenvalue weighted by Crippen LogP contribution is 2.46. The molecule has 1 fully saturated rings. The van der Waals surface area contributed by atoms with Crippen molar-refractivity contribution in [1.29, 1.82) is 0 Å². The third-order valence-electron chi connectivity index (χ3n) is 3.11. The molecule has 94 valence electrons. The van der Waals surface area contributed by atoms with Gasteiger partial charge in [-0.2, -0.15) is 13.2 Å². The van der Waals surface area contributed by atoms with Gasteiger partial charge in [-0.15, -0.1) is 0 Å². The SMILES string of the molecule is FC(F)(F)[C@]1(c2cc(Cl)cc(Cl)c2)CCNC1. The summed E-state index contributed by atoms with van der Waals surface area (Å²) in [4.78, 5) is 0. The van der Waals surface area contributed by atoms with Gasteiger partial charge in [-0.3, -0.25) is 0 Å². The Balaban J connectivity index is 2.53. The second kappa shape index (κ2) is 4.34. The molecule has 0 aromatic heterocycles. The molecule has 0 aliphatic carbocycles. The van der Waals surface area contributed by atoms with Crippen LogP contribution < -0.4 is 5.32 Å². The molecule has 1 saturated heterocycles. The predicted molar refractivity (Wildman–Crippen MR) is 61.7 cm³/mol. The molecule has 0 radical (unpaired) electrons. The molecule has 1 aromatic carbocycles. The second-order valence-electron chi connectivity index (χ2n) is 4.16. The summed E-state index contributed by atoms with van der Waals surface area (Å²) in [6.07, 6.45) is -4.31. The van der Waals surface area contributed by atoms with Crippen molar-refractivity contribution in [2.75, 3.05) is 13.1 Å². The van der Waals surface area contributed by atoms with E-state index in [4.69, 9.17) is 23.2 Å². The Morgan fingerprint density at radius 1 is 1.12 bits per heavy atom. The minimum atomic E-state index is -4.31. The zero-order valence-electron chi connectivity index (χ0n) is 8.74. The lowest BCUT2D eigenvalue weighted by Gasteiger charge is -2.31. The van der Waals surface area contributed by atoms with E-state index in [0.29, 0.717) is 6.54 Å². The van der Waals surface area contributed by atoms with Crippen LogP contribution in [0.1, 0.15) is 12.0 Å². The molecule has 17 heavy (non-hydrogen) atoms. The Morgan fingerprint density at radius 2 is 1.71 bits per heavy atom. The number of nitrogens with one attached hydrogen (secondary N) is 1. The van der Waals surface area contributed by atoms with Gasteiger partial charge < -0.3 is 5.32 Å². The van der Waals surface area contributed by atoms with Crippen LogP contribution in [0.4, 0.5) is 13.2 Å². The first-order valence-corrected chi connectivity index (χ1v) is 5.85. The van der Waals surface area contributed by atoms with Crippen LogP contribution in [0.2, 0.25) is 10.0 Å². The van der Waals surface area contributed by atoms with E-state index in [-0.39, 0.29) is 28.6 Å². The molecule has 0 spiro atoms. The van der Waals surface area contributed by atoms with E-state index < -0.39 is 11.6 Å². The lowest BCUT2D eigenvalue weighted by Crippen LogP contribution is -2.44. The maximum absolute atomic E-state index is 13.2. The number of hydrogen-bond acceptors (Lipinski definition) is 1. The third-order valence-corrected chi connectivity index (χ3v) is 3.55. The average Bonchev–Trinajstić information content (AvgIpc) is 2.64. The van der Waals surface area contributed by atoms with Crippen LogP contribution in [-0.4, -0.2) is 19.3 Å². The fourth-order valence-corrected chi connectivity index (χ4v) is 2.70. The normalized spacial score (nSPS) is 25.2. The van der Waals surface area contributed by atoms with E-state index in [1.54, 1.807) is 0 Å². The van der Waals surface area contributed by atoms with Crippen LogP contribution in [0.25, 0.3) is 0 Å². The van der Waals surface area contributed by atoms with Crippen molar-refractivity contribution in [3.63, 3.8) is 0 Å². The Morgan fingerprint density at radius 3 is 2.12 bits per heavy atom. The van der Waals surface area contributed by atoms with Crippen LogP contribution >= 0.6 is 23.2 Å². The minimum Gasteiger partial charge on any atom is -0.315 e. The molecule has 0 amide bonds. The standard InChI is InChI=1S/C11H10Cl2F3N/c12-8-3-7(4-9(13)5-8)10(11(14,15)16)1-2-17-6-10/h3-5,17H,1-2,6H2/t10-/m1/s1. The zero-order valence-corrected chi connectivity index (χ0v) is 10.3. The summed E-state index contributed by atoms with van der Waals surface area (Å²) in [6.45, 7) is 0.205. The molecular weight excluding hydrogens is 274 g/mol. The van der Waals surface area contributed by atoms with Crippen molar-refractivity contribution in [2.45, 2.75) is 18.0 Å². The van der Waals surface area contributed by atoms with Gasteiger partial charge in [-0.05, 0) is 36.7 Å². The number of rotatable bonds is 1. The van der Waals surface area contributed by atoms with Gasteiger partial charge in [0.25, 0.3) is 0 Å². The molecule has 1 atom stereocenters. The van der Waals surface area contributed by atoms with E-state index in [9.17, 15) is 13.2 Å². The Bertz CT molecular complexity index is 405. The highest BCUT2D eigenvalue weighted by atomic mass is 35.5. The lowest BCUT2D eigenvalue weighted by molar-refractivity contribution is -0.184. The van der Waals surface area contributed by atoms with Crippen molar-refractivity contribution < 1.29 is 13.2 Å². The van der Waals surface area contributed by atoms with Gasteiger partial charge in [0.1, 0.15) is 5.41 Å². The molecule has 1 nitrogen and oxygen atoms in total. The van der Waals surface area contributed by atoms with Gasteiger partial charge in [-0.1, -0.05) is 23.2 Å². The van der Waals surface area contributed by atoms with Crippen LogP contribution in [0.5, 0.6) is 0 Å².